The maximum Gasteiger partial charge on any atom is 0.338 e. The number of rotatable bonds is 11. The van der Waals surface area contributed by atoms with Crippen LogP contribution < -0.4 is 0 Å². The zero-order valence-electron chi connectivity index (χ0n) is 21.0. The lowest BCUT2D eigenvalue weighted by molar-refractivity contribution is -0.175. The van der Waals surface area contributed by atoms with Crippen molar-refractivity contribution in [2.75, 3.05) is 13.2 Å². The summed E-state index contributed by atoms with van der Waals surface area (Å²) in [6.07, 6.45) is -5.02. The number of aliphatic hydroxyl groups excluding tert-OH is 1. The van der Waals surface area contributed by atoms with Gasteiger partial charge in [0.15, 0.2) is 18.5 Å². The molecule has 3 aromatic carbocycles. The molecule has 0 unspecified atom stereocenters. The van der Waals surface area contributed by atoms with Crippen molar-refractivity contribution < 1.29 is 43.2 Å². The molecular weight excluding hydrogens is 504 g/mol. The van der Waals surface area contributed by atoms with E-state index in [0.29, 0.717) is 5.56 Å². The van der Waals surface area contributed by atoms with E-state index < -0.39 is 55.2 Å². The van der Waals surface area contributed by atoms with Crippen LogP contribution in [0.1, 0.15) is 31.1 Å². The van der Waals surface area contributed by atoms with E-state index in [1.54, 1.807) is 91.0 Å². The Hall–Kier alpha value is -4.31. The van der Waals surface area contributed by atoms with Gasteiger partial charge in [0.05, 0.1) is 23.3 Å². The second kappa shape index (κ2) is 13.5. The highest BCUT2D eigenvalue weighted by Crippen LogP contribution is 2.31. The van der Waals surface area contributed by atoms with E-state index in [-0.39, 0.29) is 17.7 Å². The van der Waals surface area contributed by atoms with Gasteiger partial charge in [-0.1, -0.05) is 60.7 Å². The zero-order chi connectivity index (χ0) is 27.6. The predicted octanol–water partition coefficient (Wildman–Crippen LogP) is 3.58. The first-order valence-electron chi connectivity index (χ1n) is 12.3. The Balaban J connectivity index is 1.57. The summed E-state index contributed by atoms with van der Waals surface area (Å²) in [4.78, 5) is 38.4. The SMILES string of the molecule is C=CCO[C@@H]1O[C@@H]([C@H](O)COC(=O)c2ccccc2)[C@H](OC(=O)c2ccccc2)[C@H]1OC(=O)c1ccccc1. The molecule has 0 saturated carbocycles. The minimum atomic E-state index is -1.46. The minimum absolute atomic E-state index is 0.0230. The van der Waals surface area contributed by atoms with Crippen molar-refractivity contribution in [3.63, 3.8) is 0 Å². The molecule has 5 atom stereocenters. The normalized spacial score (nSPS) is 20.9. The number of esters is 3. The summed E-state index contributed by atoms with van der Waals surface area (Å²) in [6.45, 7) is 3.16. The monoisotopic (exact) mass is 532 g/mol. The summed E-state index contributed by atoms with van der Waals surface area (Å²) in [6, 6.07) is 24.7. The Morgan fingerprint density at radius 2 is 1.23 bits per heavy atom. The van der Waals surface area contributed by atoms with Gasteiger partial charge in [-0.3, -0.25) is 0 Å². The second-order valence-corrected chi connectivity index (χ2v) is 8.59. The third-order valence-corrected chi connectivity index (χ3v) is 5.86. The average Bonchev–Trinajstić information content (AvgIpc) is 3.32. The van der Waals surface area contributed by atoms with E-state index in [4.69, 9.17) is 23.7 Å². The molecule has 1 saturated heterocycles. The third kappa shape index (κ3) is 7.17. The van der Waals surface area contributed by atoms with Crippen LogP contribution in [0.3, 0.4) is 0 Å². The lowest BCUT2D eigenvalue weighted by atomic mass is 10.1. The molecule has 4 rings (SSSR count). The highest BCUT2D eigenvalue weighted by Gasteiger charge is 2.53. The molecule has 0 amide bonds. The zero-order valence-corrected chi connectivity index (χ0v) is 21.0. The molecule has 1 heterocycles. The Morgan fingerprint density at radius 1 is 0.769 bits per heavy atom. The van der Waals surface area contributed by atoms with Crippen LogP contribution in [0.15, 0.2) is 104 Å². The van der Waals surface area contributed by atoms with Crippen molar-refractivity contribution in [1.29, 1.82) is 0 Å². The average molecular weight is 533 g/mol. The van der Waals surface area contributed by atoms with Gasteiger partial charge in [-0.15, -0.1) is 6.58 Å². The van der Waals surface area contributed by atoms with Crippen LogP contribution >= 0.6 is 0 Å². The molecule has 0 bridgehead atoms. The van der Waals surface area contributed by atoms with Crippen molar-refractivity contribution in [1.82, 2.24) is 0 Å². The molecule has 9 nitrogen and oxygen atoms in total. The predicted molar refractivity (Wildman–Crippen MR) is 139 cm³/mol. The fourth-order valence-electron chi connectivity index (χ4n) is 3.96. The Bertz CT molecular complexity index is 1250. The maximum absolute atomic E-state index is 13.0. The molecule has 9 heteroatoms. The first-order chi connectivity index (χ1) is 19.0. The summed E-state index contributed by atoms with van der Waals surface area (Å²) in [5, 5.41) is 11.0. The Morgan fingerprint density at radius 3 is 1.72 bits per heavy atom. The first kappa shape index (κ1) is 27.7. The molecule has 3 aromatic rings. The largest absolute Gasteiger partial charge is 0.459 e. The fourth-order valence-corrected chi connectivity index (χ4v) is 3.96. The number of aliphatic hydroxyl groups is 1. The van der Waals surface area contributed by atoms with Crippen molar-refractivity contribution in [2.45, 2.75) is 30.7 Å². The van der Waals surface area contributed by atoms with Gasteiger partial charge in [-0.05, 0) is 36.4 Å². The molecule has 1 N–H and O–H groups in total. The third-order valence-electron chi connectivity index (χ3n) is 5.86. The lowest BCUT2D eigenvalue weighted by Crippen LogP contribution is -2.46. The van der Waals surface area contributed by atoms with Crippen molar-refractivity contribution >= 4 is 17.9 Å². The minimum Gasteiger partial charge on any atom is -0.459 e. The van der Waals surface area contributed by atoms with Crippen molar-refractivity contribution in [2.24, 2.45) is 0 Å². The smallest absolute Gasteiger partial charge is 0.338 e. The van der Waals surface area contributed by atoms with E-state index in [9.17, 15) is 19.5 Å². The molecule has 1 aliphatic rings. The number of benzene rings is 3. The van der Waals surface area contributed by atoms with E-state index >= 15 is 0 Å². The quantitative estimate of drug-likeness (QED) is 0.225. The van der Waals surface area contributed by atoms with Gasteiger partial charge in [0.2, 0.25) is 0 Å². The number of carbonyl (C=O) groups is 3. The van der Waals surface area contributed by atoms with Crippen LogP contribution in [0, 0.1) is 0 Å². The van der Waals surface area contributed by atoms with E-state index in [0.717, 1.165) is 0 Å². The molecule has 1 aliphatic heterocycles. The van der Waals surface area contributed by atoms with Crippen LogP contribution in [0.25, 0.3) is 0 Å². The molecule has 39 heavy (non-hydrogen) atoms. The number of hydrogen-bond acceptors (Lipinski definition) is 9. The molecule has 0 radical (unpaired) electrons. The summed E-state index contributed by atoms with van der Waals surface area (Å²) >= 11 is 0. The summed E-state index contributed by atoms with van der Waals surface area (Å²) in [7, 11) is 0. The van der Waals surface area contributed by atoms with Gasteiger partial charge in [0, 0.05) is 0 Å². The molecule has 1 fully saturated rings. The molecule has 0 spiro atoms. The van der Waals surface area contributed by atoms with Crippen LogP contribution in [0.2, 0.25) is 0 Å². The first-order valence-corrected chi connectivity index (χ1v) is 12.3. The van der Waals surface area contributed by atoms with Gasteiger partial charge in [0.25, 0.3) is 0 Å². The van der Waals surface area contributed by atoms with Crippen LogP contribution in [-0.2, 0) is 23.7 Å². The second-order valence-electron chi connectivity index (χ2n) is 8.59. The molecular formula is C30H28O9. The summed E-state index contributed by atoms with van der Waals surface area (Å²) in [5.74, 6) is -2.09. The van der Waals surface area contributed by atoms with Crippen LogP contribution in [0.5, 0.6) is 0 Å². The number of carbonyl (C=O) groups excluding carboxylic acids is 3. The fraction of sp³-hybridized carbons (Fsp3) is 0.233. The summed E-state index contributed by atoms with van der Waals surface area (Å²) < 4.78 is 28.3. The Kier molecular flexibility index (Phi) is 9.58. The van der Waals surface area contributed by atoms with Gasteiger partial charge < -0.3 is 28.8 Å². The Labute approximate surface area is 225 Å². The standard InChI is InChI=1S/C30H28O9/c1-2-18-35-30-26(38-29(34)22-16-10-5-11-17-22)25(37-28(33)21-14-8-4-9-15-21)24(39-30)23(31)19-36-27(32)20-12-6-3-7-13-20/h2-17,23-26,30-31H,1,18-19H2/t23-,24+,25+,26-,30-/m1/s1. The molecule has 0 aromatic heterocycles. The van der Waals surface area contributed by atoms with Gasteiger partial charge in [-0.25, -0.2) is 14.4 Å². The number of hydrogen-bond donors (Lipinski definition) is 1. The lowest BCUT2D eigenvalue weighted by Gasteiger charge is -2.26. The van der Waals surface area contributed by atoms with E-state index in [1.807, 2.05) is 0 Å². The van der Waals surface area contributed by atoms with Gasteiger partial charge >= 0.3 is 17.9 Å². The maximum atomic E-state index is 13.0. The highest BCUT2D eigenvalue weighted by atomic mass is 16.7. The van der Waals surface area contributed by atoms with Crippen molar-refractivity contribution in [3.8, 4) is 0 Å². The highest BCUT2D eigenvalue weighted by molar-refractivity contribution is 5.90. The van der Waals surface area contributed by atoms with Crippen molar-refractivity contribution in [3.05, 3.63) is 120 Å². The van der Waals surface area contributed by atoms with Gasteiger partial charge in [-0.2, -0.15) is 0 Å². The van der Waals surface area contributed by atoms with E-state index in [1.165, 1.54) is 6.08 Å². The van der Waals surface area contributed by atoms with Gasteiger partial charge in [0.1, 0.15) is 18.8 Å². The summed E-state index contributed by atoms with van der Waals surface area (Å²) in [5.41, 5.74) is 0.796. The topological polar surface area (TPSA) is 118 Å². The number of ether oxygens (including phenoxy) is 5. The van der Waals surface area contributed by atoms with Crippen LogP contribution in [-0.4, -0.2) is 66.9 Å². The van der Waals surface area contributed by atoms with E-state index in [2.05, 4.69) is 6.58 Å². The van der Waals surface area contributed by atoms with Crippen LogP contribution in [0.4, 0.5) is 0 Å². The molecule has 0 aliphatic carbocycles. The molecule has 202 valence electrons.